The highest BCUT2D eigenvalue weighted by molar-refractivity contribution is 7.91. The van der Waals surface area contributed by atoms with Crippen molar-refractivity contribution in [2.45, 2.75) is 83.7 Å². The first kappa shape index (κ1) is 34.7. The Morgan fingerprint density at radius 1 is 1.11 bits per heavy atom. The lowest BCUT2D eigenvalue weighted by Crippen LogP contribution is -2.73. The van der Waals surface area contributed by atoms with Crippen molar-refractivity contribution in [2.24, 2.45) is 11.3 Å². The van der Waals surface area contributed by atoms with Gasteiger partial charge in [0.2, 0.25) is 0 Å². The number of benzene rings is 2. The molecule has 0 aliphatic carbocycles. The Morgan fingerprint density at radius 3 is 2.42 bits per heavy atom. The molecule has 0 bridgehead atoms. The fourth-order valence-corrected chi connectivity index (χ4v) is 7.62. The van der Waals surface area contributed by atoms with Gasteiger partial charge in [-0.25, -0.2) is 8.42 Å². The van der Waals surface area contributed by atoms with E-state index in [1.54, 1.807) is 13.0 Å². The van der Waals surface area contributed by atoms with E-state index in [2.05, 4.69) is 10.7 Å². The number of hydrogen-bond donors (Lipinski definition) is 3. The lowest BCUT2D eigenvalue weighted by molar-refractivity contribution is -1.21. The van der Waals surface area contributed by atoms with Crippen molar-refractivity contribution in [1.29, 1.82) is 0 Å². The molecule has 2 aromatic carbocycles. The molecule has 0 saturated carbocycles. The molecule has 4 rings (SSSR count). The van der Waals surface area contributed by atoms with Crippen molar-refractivity contribution in [1.82, 2.24) is 15.8 Å². The third kappa shape index (κ3) is 9.18. The average molecular weight is 646 g/mol. The van der Waals surface area contributed by atoms with Crippen LogP contribution in [0.3, 0.4) is 0 Å². The van der Waals surface area contributed by atoms with E-state index in [0.717, 1.165) is 12.0 Å². The highest BCUT2D eigenvalue weighted by atomic mass is 32.2. The van der Waals surface area contributed by atoms with Crippen molar-refractivity contribution in [3.05, 3.63) is 54.1 Å². The van der Waals surface area contributed by atoms with Crippen LogP contribution in [-0.2, 0) is 25.8 Å². The molecule has 2 aliphatic rings. The van der Waals surface area contributed by atoms with Crippen LogP contribution in [0.15, 0.2) is 53.4 Å². The normalized spacial score (nSPS) is 19.3. The van der Waals surface area contributed by atoms with Gasteiger partial charge in [-0.3, -0.25) is 9.59 Å². The van der Waals surface area contributed by atoms with Gasteiger partial charge in [0.1, 0.15) is 13.2 Å². The molecule has 1 saturated heterocycles. The molecule has 4 atom stereocenters. The molecular weight excluding hydrogens is 596 g/mol. The maximum absolute atomic E-state index is 14.2. The van der Waals surface area contributed by atoms with Crippen LogP contribution in [0.5, 0.6) is 11.5 Å². The Morgan fingerprint density at radius 2 is 1.80 bits per heavy atom. The van der Waals surface area contributed by atoms with Crippen molar-refractivity contribution < 1.29 is 37.6 Å². The monoisotopic (exact) mass is 645 g/mol. The number of sulfone groups is 1. The topological polar surface area (TPSA) is 134 Å². The minimum Gasteiger partial charge on any atom is -0.486 e. The van der Waals surface area contributed by atoms with Gasteiger partial charge in [-0.15, -0.1) is 10.4 Å². The minimum atomic E-state index is -3.84. The van der Waals surface area contributed by atoms with E-state index in [-0.39, 0.29) is 29.5 Å². The Kier molecular flexibility index (Phi) is 11.2. The number of nitrogens with one attached hydrogen (secondary N) is 2. The summed E-state index contributed by atoms with van der Waals surface area (Å²) in [5.74, 6) is -0.941. The molecule has 248 valence electrons. The lowest BCUT2D eigenvalue weighted by Gasteiger charge is -2.43. The summed E-state index contributed by atoms with van der Waals surface area (Å²) in [6, 6.07) is 13.2. The summed E-state index contributed by atoms with van der Waals surface area (Å²) in [6.45, 7) is 10.6. The standard InChI is InChI=1S/C33H48N4O7S/c1-6-26(19-25-11-8-7-9-12-25)36(31(38)21-33(3,4)5)37(40,35-32(39)28-13-10-16-34-28)22-24(2)23-45(41,42)27-14-15-29-30(20-27)44-18-17-43-29/h7-9,11-12,14-15,20,24,26,28,34,40H,6,10,13,16-19,21-23H2,1-5H3/p+1/t24-,26?,28?,37?/m1/s1. The third-order valence-electron chi connectivity index (χ3n) is 8.03. The average Bonchev–Trinajstić information content (AvgIpc) is 3.51. The number of fused-ring (bicyclic) bond motifs is 1. The second-order valence-corrected chi connectivity index (χ2v) is 15.5. The molecule has 0 radical (unpaired) electrons. The maximum atomic E-state index is 14.2. The summed E-state index contributed by atoms with van der Waals surface area (Å²) in [7, 11) is -3.84. The Bertz CT molecular complexity index is 1420. The van der Waals surface area contributed by atoms with Gasteiger partial charge >= 0.3 is 0 Å². The molecule has 2 aliphatic heterocycles. The smallest absolute Gasteiger partial charge is 0.287 e. The van der Waals surface area contributed by atoms with Gasteiger partial charge < -0.3 is 14.8 Å². The third-order valence-corrected chi connectivity index (χ3v) is 10.0. The molecule has 45 heavy (non-hydrogen) atoms. The quantitative estimate of drug-likeness (QED) is 0.220. The van der Waals surface area contributed by atoms with Gasteiger partial charge in [0, 0.05) is 23.3 Å². The van der Waals surface area contributed by atoms with Crippen LogP contribution in [0.4, 0.5) is 0 Å². The van der Waals surface area contributed by atoms with Gasteiger partial charge in [-0.05, 0) is 55.3 Å². The van der Waals surface area contributed by atoms with E-state index in [4.69, 9.17) is 9.47 Å². The molecule has 0 spiro atoms. The van der Waals surface area contributed by atoms with Gasteiger partial charge in [-0.1, -0.05) is 65.0 Å². The summed E-state index contributed by atoms with van der Waals surface area (Å²) in [5.41, 5.74) is 3.33. The van der Waals surface area contributed by atoms with Crippen molar-refractivity contribution in [3.63, 3.8) is 0 Å². The van der Waals surface area contributed by atoms with Crippen LogP contribution < -0.4 is 20.2 Å². The largest absolute Gasteiger partial charge is 0.486 e. The van der Waals surface area contributed by atoms with E-state index < -0.39 is 44.0 Å². The first-order chi connectivity index (χ1) is 21.2. The molecule has 12 heteroatoms. The summed E-state index contributed by atoms with van der Waals surface area (Å²) in [4.78, 5) is 26.5. The zero-order valence-electron chi connectivity index (χ0n) is 27.1. The molecule has 11 nitrogen and oxygen atoms in total. The summed E-state index contributed by atoms with van der Waals surface area (Å²) >= 11 is 0. The number of quaternary nitrogens is 1. The number of ether oxygens (including phenoxy) is 2. The van der Waals surface area contributed by atoms with Gasteiger partial charge in [0.05, 0.1) is 22.7 Å². The highest BCUT2D eigenvalue weighted by Gasteiger charge is 2.48. The second-order valence-electron chi connectivity index (χ2n) is 13.5. The number of carbonyl (C=O) groups excluding carboxylic acids is 2. The van der Waals surface area contributed by atoms with E-state index in [1.807, 2.05) is 58.0 Å². The molecule has 1 fully saturated rings. The Hall–Kier alpha value is -3.19. The summed E-state index contributed by atoms with van der Waals surface area (Å²) in [6.07, 6.45) is 2.45. The fraction of sp³-hybridized carbons (Fsp3) is 0.576. The number of nitrogens with zero attached hydrogens (tertiary/aromatic N) is 2. The zero-order chi connectivity index (χ0) is 32.8. The maximum Gasteiger partial charge on any atom is 0.287 e. The fourth-order valence-electron chi connectivity index (χ4n) is 6.01. The number of amides is 2. The van der Waals surface area contributed by atoms with Crippen LogP contribution in [-0.4, -0.2) is 79.5 Å². The van der Waals surface area contributed by atoms with Crippen LogP contribution in [0.25, 0.3) is 0 Å². The molecule has 2 aromatic rings. The van der Waals surface area contributed by atoms with Crippen molar-refractivity contribution in [2.75, 3.05) is 32.1 Å². The molecule has 2 amide bonds. The number of hydrogen-bond acceptors (Lipinski definition) is 8. The predicted octanol–water partition coefficient (Wildman–Crippen LogP) is 4.06. The number of rotatable bonds is 13. The van der Waals surface area contributed by atoms with Crippen LogP contribution >= 0.6 is 0 Å². The second kappa shape index (κ2) is 14.5. The molecule has 3 unspecified atom stereocenters. The number of carbonyl (C=O) groups is 2. The first-order valence-electron chi connectivity index (χ1n) is 15.9. The summed E-state index contributed by atoms with van der Waals surface area (Å²) in [5, 5.41) is 17.0. The number of hydroxylamine groups is 1. The minimum absolute atomic E-state index is 0.0741. The first-order valence-corrected chi connectivity index (χ1v) is 17.5. The SMILES string of the molecule is CCC(Cc1ccccc1)N(C(=O)CC(C)(C)C)[N+](O)(C[C@@H](C)CS(=O)(=O)c1ccc2c(c1)OCCO2)NC(=O)C1CCCN1. The molecule has 2 heterocycles. The van der Waals surface area contributed by atoms with Crippen molar-refractivity contribution in [3.8, 4) is 11.5 Å². The molecule has 3 N–H and O–H groups in total. The van der Waals surface area contributed by atoms with Gasteiger partial charge in [-0.2, -0.15) is 5.21 Å². The molecular formula is C33H49N4O7S+. The van der Waals surface area contributed by atoms with Gasteiger partial charge in [0.25, 0.3) is 11.8 Å². The zero-order valence-corrected chi connectivity index (χ0v) is 27.9. The Balaban J connectivity index is 1.68. The van der Waals surface area contributed by atoms with E-state index in [9.17, 15) is 23.2 Å². The van der Waals surface area contributed by atoms with E-state index >= 15 is 0 Å². The van der Waals surface area contributed by atoms with Gasteiger partial charge in [0.15, 0.2) is 27.9 Å². The van der Waals surface area contributed by atoms with E-state index in [0.29, 0.717) is 50.5 Å². The van der Waals surface area contributed by atoms with Crippen LogP contribution in [0.2, 0.25) is 0 Å². The molecule has 0 aromatic heterocycles. The highest BCUT2D eigenvalue weighted by Crippen LogP contribution is 2.33. The van der Waals surface area contributed by atoms with Crippen LogP contribution in [0, 0.1) is 11.3 Å². The summed E-state index contributed by atoms with van der Waals surface area (Å²) < 4.78 is 38.3. The van der Waals surface area contributed by atoms with Crippen molar-refractivity contribution >= 4 is 21.7 Å². The predicted molar refractivity (Wildman–Crippen MR) is 170 cm³/mol. The Labute approximate surface area is 267 Å². The van der Waals surface area contributed by atoms with E-state index in [1.165, 1.54) is 17.1 Å². The van der Waals surface area contributed by atoms with Crippen LogP contribution in [0.1, 0.15) is 65.9 Å². The lowest BCUT2D eigenvalue weighted by atomic mass is 9.91.